The minimum atomic E-state index is -3.06. The molecule has 0 bridgehead atoms. The summed E-state index contributed by atoms with van der Waals surface area (Å²) >= 11 is -0.556. The van der Waals surface area contributed by atoms with Crippen molar-refractivity contribution in [3.63, 3.8) is 0 Å². The van der Waals surface area contributed by atoms with Crippen LogP contribution in [-0.4, -0.2) is 101 Å². The van der Waals surface area contributed by atoms with Gasteiger partial charge >= 0.3 is 134 Å². The van der Waals surface area contributed by atoms with Crippen LogP contribution in [0.4, 0.5) is 0 Å². The number of aryl methyl sites for hydroxylation is 2. The molecule has 10 nitrogen and oxygen atoms in total. The maximum atomic E-state index is 6.60. The van der Waals surface area contributed by atoms with E-state index in [1.165, 1.54) is 130 Å². The van der Waals surface area contributed by atoms with Crippen LogP contribution in [0.5, 0.6) is 23.0 Å². The molecule has 0 aliphatic carbocycles. The van der Waals surface area contributed by atoms with E-state index in [0.29, 0.717) is 58.8 Å². The maximum Gasteiger partial charge on any atom is 2.00 e. The molecule has 4 aromatic heterocycles. The second-order valence-electron chi connectivity index (χ2n) is 28.3. The van der Waals surface area contributed by atoms with E-state index in [4.69, 9.17) is 67.1 Å². The monoisotopic (exact) mass is 1880 g/mol. The van der Waals surface area contributed by atoms with Crippen LogP contribution in [-0.2, 0) is 33.0 Å². The van der Waals surface area contributed by atoms with E-state index in [1.54, 1.807) is 0 Å². The number of hydrogen-bond donors (Lipinski definition) is 0. The third-order valence-corrected chi connectivity index (χ3v) is 18.0. The number of rotatable bonds is 20. The van der Waals surface area contributed by atoms with Crippen molar-refractivity contribution in [2.45, 2.75) is 172 Å². The van der Waals surface area contributed by atoms with E-state index < -0.39 is 11.9 Å². The van der Waals surface area contributed by atoms with Gasteiger partial charge in [-0.15, -0.1) is 41.0 Å². The molecule has 18 heteroatoms. The first-order valence-corrected chi connectivity index (χ1v) is 63.1. The molecule has 0 aliphatic heterocycles. The topological polar surface area (TPSA) is 89.7 Å². The Morgan fingerprint density at radius 2 is 0.644 bits per heavy atom. The van der Waals surface area contributed by atoms with E-state index in [9.17, 15) is 0 Å². The average molecular weight is 1880 g/mol. The second-order valence-corrected chi connectivity index (χ2v) is 48.0. The van der Waals surface area contributed by atoms with Crippen molar-refractivity contribution in [3.05, 3.63) is 263 Å². The molecule has 0 saturated heterocycles. The molecule has 12 rings (SSSR count). The fourth-order valence-corrected chi connectivity index (χ4v) is 13.3. The normalized spacial score (nSPS) is 11.7. The molecule has 0 unspecified atom stereocenters. The van der Waals surface area contributed by atoms with Crippen LogP contribution >= 0.6 is 37.7 Å². The Kier molecular flexibility index (Phi) is 32.2. The van der Waals surface area contributed by atoms with Gasteiger partial charge in [0.15, 0.2) is 0 Å². The molecular formula is C86H94Cl4K2N8O2Pt2. The SMILES string of the molecule is Cc1cc(Oc2[c-]c(-c3nccn3-c3c(C(C)C)cccc3C(C)C)ccc2)[c-]c(-c2nccn2-c2c(C(C)C)cccc2C(C)C)c1.Cc1cc(Oc2cccc(-c3nccn3-c3c(C(C)C)cccc3C(C)C)c2)cc(-c2nccn2-c2c(C(C)C)cccc2C(C)C)c1.[Cl][Pt]([Cl])([Cl])[Cl].[K][K].[Pt+2]. The fraction of sp³-hybridized carbons (Fsp3) is 0.302. The first-order chi connectivity index (χ1) is 49.1. The zero-order valence-electron chi connectivity index (χ0n) is 63.6. The number of para-hydroxylation sites is 4. The molecule has 0 atom stereocenters. The molecule has 12 aromatic rings. The van der Waals surface area contributed by atoms with Crippen molar-refractivity contribution in [2.24, 2.45) is 0 Å². The van der Waals surface area contributed by atoms with Crippen molar-refractivity contribution >= 4 is 101 Å². The predicted octanol–water partition coefficient (Wildman–Crippen LogP) is 25.6. The number of ether oxygens (including phenoxy) is 2. The fourth-order valence-electron chi connectivity index (χ4n) is 13.3. The van der Waals surface area contributed by atoms with Gasteiger partial charge in [0, 0.05) is 83.6 Å². The summed E-state index contributed by atoms with van der Waals surface area (Å²) in [5.74, 6) is 9.19. The number of halogens is 4. The summed E-state index contributed by atoms with van der Waals surface area (Å²) in [6.07, 6.45) is 15.8. The zero-order valence-corrected chi connectivity index (χ0v) is 77.4. The third-order valence-electron chi connectivity index (χ3n) is 18.0. The number of hydrogen-bond acceptors (Lipinski definition) is 6. The minimum Gasteiger partial charge on any atom is 2.00 e. The summed E-state index contributed by atoms with van der Waals surface area (Å²) in [5.41, 5.74) is 21.2. The molecule has 0 fully saturated rings. The quantitative estimate of drug-likeness (QED) is 0.0558. The van der Waals surface area contributed by atoms with Gasteiger partial charge in [-0.3, -0.25) is 19.1 Å². The average Bonchev–Trinajstić information content (AvgIpc) is 1.50. The number of imidazole rings is 4. The van der Waals surface area contributed by atoms with E-state index in [1.807, 2.05) is 61.2 Å². The Morgan fingerprint density at radius 1 is 0.337 bits per heavy atom. The number of nitrogens with zero attached hydrogens (tertiary/aromatic N) is 8. The Balaban J connectivity index is 0.000000240. The standard InChI is InChI=1S/C43H48N4O.C43H46N4O.4ClH.2K.2Pt/c2*1-27(2)36-15-11-16-37(28(3)4)40(36)46-21-19-44-42(46)32-13-10-14-34(25-32)48-35-24-31(9)23-33(26-35)43-45-20-22-47(43)41-38(29(5)6)17-12-18-39(41)30(7)8;;;;;;;;/h10-30H,1-9H3;10-24,27-30H,1-9H3;4*1H;;;;/q;-2;;;;;;;+2;+4/p-4. The van der Waals surface area contributed by atoms with Gasteiger partial charge in [-0.1, -0.05) is 221 Å². The van der Waals surface area contributed by atoms with Gasteiger partial charge in [-0.05, 0) is 135 Å². The molecule has 0 aliphatic rings. The van der Waals surface area contributed by atoms with Crippen LogP contribution < -0.4 is 9.47 Å². The first-order valence-electron chi connectivity index (χ1n) is 35.9. The molecule has 0 spiro atoms. The van der Waals surface area contributed by atoms with E-state index in [0.717, 1.165) is 68.2 Å². The molecular weight excluding hydrogens is 1790 g/mol. The second kappa shape index (κ2) is 39.1. The molecule has 8 aromatic carbocycles. The number of benzene rings is 8. The van der Waals surface area contributed by atoms with Crippen LogP contribution in [0.25, 0.3) is 68.3 Å². The summed E-state index contributed by atoms with van der Waals surface area (Å²) < 4.78 is 22.0. The van der Waals surface area contributed by atoms with Crippen LogP contribution in [0.3, 0.4) is 0 Å². The Morgan fingerprint density at radius 3 is 1.03 bits per heavy atom. The van der Waals surface area contributed by atoms with Gasteiger partial charge in [0.25, 0.3) is 0 Å². The van der Waals surface area contributed by atoms with Gasteiger partial charge < -0.3 is 18.6 Å². The molecule has 0 saturated carbocycles. The molecule has 0 radical (unpaired) electrons. The Labute approximate surface area is 697 Å². The summed E-state index contributed by atoms with van der Waals surface area (Å²) in [6.45, 7) is 40.2. The molecule has 0 amide bonds. The first kappa shape index (κ1) is 85.6. The van der Waals surface area contributed by atoms with E-state index in [-0.39, 0.29) is 21.1 Å². The van der Waals surface area contributed by atoms with E-state index in [2.05, 4.69) is 289 Å². The summed E-state index contributed by atoms with van der Waals surface area (Å²) in [4.78, 5) is 19.4. The molecule has 4 heterocycles. The van der Waals surface area contributed by atoms with Crippen molar-refractivity contribution in [1.82, 2.24) is 38.2 Å². The summed E-state index contributed by atoms with van der Waals surface area (Å²) in [7, 11) is 20.0. The van der Waals surface area contributed by atoms with Crippen molar-refractivity contribution in [2.75, 3.05) is 0 Å². The van der Waals surface area contributed by atoms with Gasteiger partial charge in [0.1, 0.15) is 23.1 Å². The van der Waals surface area contributed by atoms with Crippen LogP contribution in [0.1, 0.15) is 214 Å². The molecule has 104 heavy (non-hydrogen) atoms. The van der Waals surface area contributed by atoms with Crippen molar-refractivity contribution < 1.29 is 42.4 Å². The Bertz CT molecular complexity index is 4430. The van der Waals surface area contributed by atoms with Crippen molar-refractivity contribution in [1.29, 1.82) is 0 Å². The van der Waals surface area contributed by atoms with E-state index >= 15 is 0 Å². The molecule has 0 N–H and O–H groups in total. The predicted molar refractivity (Wildman–Crippen MR) is 431 cm³/mol. The zero-order chi connectivity index (χ0) is 74.7. The maximum absolute atomic E-state index is 6.60. The summed E-state index contributed by atoms with van der Waals surface area (Å²) in [5, 5.41) is 0. The molecule has 540 valence electrons. The van der Waals surface area contributed by atoms with Crippen molar-refractivity contribution in [3.8, 4) is 91.3 Å². The van der Waals surface area contributed by atoms with Gasteiger partial charge in [0.2, 0.25) is 0 Å². The smallest absolute Gasteiger partial charge is 2.00 e. The minimum absolute atomic E-state index is 0. The largest absolute Gasteiger partial charge is 2.00 e. The van der Waals surface area contributed by atoms with Crippen LogP contribution in [0.2, 0.25) is 0 Å². The van der Waals surface area contributed by atoms with Crippen LogP contribution in [0, 0.1) is 26.0 Å². The third kappa shape index (κ3) is 21.3. The number of aromatic nitrogens is 8. The summed E-state index contributed by atoms with van der Waals surface area (Å²) in [6, 6.07) is 58.3. The van der Waals surface area contributed by atoms with Crippen LogP contribution in [0.15, 0.2) is 195 Å². The van der Waals surface area contributed by atoms with Gasteiger partial charge in [0.05, 0.1) is 23.0 Å². The van der Waals surface area contributed by atoms with Gasteiger partial charge in [-0.25, -0.2) is 9.97 Å². The Hall–Kier alpha value is -3.99. The van der Waals surface area contributed by atoms with Gasteiger partial charge in [-0.2, -0.15) is 0 Å².